The van der Waals surface area contributed by atoms with Gasteiger partial charge in [-0.05, 0) is 25.0 Å². The molecule has 1 fully saturated rings. The van der Waals surface area contributed by atoms with Crippen LogP contribution in [0.3, 0.4) is 0 Å². The summed E-state index contributed by atoms with van der Waals surface area (Å²) >= 11 is 0. The number of rotatable bonds is 2. The number of carbonyl (C=O) groups is 1. The number of nitrogens with two attached hydrogens (primary N) is 1. The molecule has 4 heteroatoms. The maximum atomic E-state index is 11.8. The lowest BCUT2D eigenvalue weighted by molar-refractivity contribution is 0.0779. The number of hydrogen-bond donors (Lipinski definition) is 1. The van der Waals surface area contributed by atoms with Crippen molar-refractivity contribution in [3.8, 4) is 0 Å². The highest BCUT2D eigenvalue weighted by Crippen LogP contribution is 2.26. The van der Waals surface area contributed by atoms with Gasteiger partial charge in [0.05, 0.1) is 0 Å². The molecule has 1 aromatic rings. The SMILES string of the molecule is CN(C(=O)c1cccc(N)n1)C1CC1. The third-order valence-electron chi connectivity index (χ3n) is 2.40. The van der Waals surface area contributed by atoms with Crippen molar-refractivity contribution in [2.24, 2.45) is 0 Å². The van der Waals surface area contributed by atoms with Gasteiger partial charge >= 0.3 is 0 Å². The predicted molar refractivity (Wildman–Crippen MR) is 53.8 cm³/mol. The van der Waals surface area contributed by atoms with E-state index >= 15 is 0 Å². The standard InChI is InChI=1S/C10H13N3O/c1-13(7-5-6-7)10(14)8-3-2-4-9(11)12-8/h2-4,7H,5-6H2,1H3,(H2,11,12). The summed E-state index contributed by atoms with van der Waals surface area (Å²) in [4.78, 5) is 17.5. The molecule has 0 unspecified atom stereocenters. The molecular weight excluding hydrogens is 178 g/mol. The van der Waals surface area contributed by atoms with Crippen molar-refractivity contribution in [2.75, 3.05) is 12.8 Å². The summed E-state index contributed by atoms with van der Waals surface area (Å²) in [6.07, 6.45) is 2.20. The van der Waals surface area contributed by atoms with Crippen LogP contribution in [-0.2, 0) is 0 Å². The summed E-state index contributed by atoms with van der Waals surface area (Å²) in [5.41, 5.74) is 5.94. The second-order valence-electron chi connectivity index (χ2n) is 3.59. The highest BCUT2D eigenvalue weighted by molar-refractivity contribution is 5.92. The fourth-order valence-corrected chi connectivity index (χ4v) is 1.38. The first-order chi connectivity index (χ1) is 6.68. The van der Waals surface area contributed by atoms with E-state index in [0.29, 0.717) is 17.6 Å². The van der Waals surface area contributed by atoms with Crippen LogP contribution in [0.25, 0.3) is 0 Å². The maximum absolute atomic E-state index is 11.8. The molecule has 1 amide bonds. The number of pyridine rings is 1. The number of nitrogens with zero attached hydrogens (tertiary/aromatic N) is 2. The number of aromatic nitrogens is 1. The largest absolute Gasteiger partial charge is 0.384 e. The van der Waals surface area contributed by atoms with Gasteiger partial charge in [0.2, 0.25) is 0 Å². The van der Waals surface area contributed by atoms with E-state index in [2.05, 4.69) is 4.98 Å². The van der Waals surface area contributed by atoms with Crippen molar-refractivity contribution in [3.05, 3.63) is 23.9 Å². The fourth-order valence-electron chi connectivity index (χ4n) is 1.38. The number of nitrogen functional groups attached to an aromatic ring is 1. The molecule has 1 heterocycles. The molecule has 0 radical (unpaired) electrons. The molecule has 0 bridgehead atoms. The van der Waals surface area contributed by atoms with Gasteiger partial charge in [-0.15, -0.1) is 0 Å². The summed E-state index contributed by atoms with van der Waals surface area (Å²) in [7, 11) is 1.81. The Kier molecular flexibility index (Phi) is 2.11. The Bertz CT molecular complexity index is 360. The van der Waals surface area contributed by atoms with Gasteiger partial charge in [0.15, 0.2) is 0 Å². The van der Waals surface area contributed by atoms with Crippen molar-refractivity contribution in [2.45, 2.75) is 18.9 Å². The van der Waals surface area contributed by atoms with E-state index in [0.717, 1.165) is 12.8 Å². The molecule has 1 aromatic heterocycles. The molecular formula is C10H13N3O. The van der Waals surface area contributed by atoms with Gasteiger partial charge in [-0.2, -0.15) is 0 Å². The summed E-state index contributed by atoms with van der Waals surface area (Å²) in [6, 6.07) is 5.52. The van der Waals surface area contributed by atoms with Gasteiger partial charge in [-0.25, -0.2) is 4.98 Å². The predicted octanol–water partition coefficient (Wildman–Crippen LogP) is 0.898. The molecule has 0 aromatic carbocycles. The van der Waals surface area contributed by atoms with Crippen molar-refractivity contribution < 1.29 is 4.79 Å². The lowest BCUT2D eigenvalue weighted by Crippen LogP contribution is -2.29. The zero-order chi connectivity index (χ0) is 10.1. The molecule has 4 nitrogen and oxygen atoms in total. The average Bonchev–Trinajstić information content (AvgIpc) is 2.99. The second kappa shape index (κ2) is 3.29. The fraction of sp³-hybridized carbons (Fsp3) is 0.400. The van der Waals surface area contributed by atoms with E-state index in [4.69, 9.17) is 5.73 Å². The van der Waals surface area contributed by atoms with Crippen LogP contribution in [0.2, 0.25) is 0 Å². The lowest BCUT2D eigenvalue weighted by atomic mass is 10.3. The zero-order valence-corrected chi connectivity index (χ0v) is 8.10. The van der Waals surface area contributed by atoms with Crippen LogP contribution in [0, 0.1) is 0 Å². The van der Waals surface area contributed by atoms with Crippen molar-refractivity contribution >= 4 is 11.7 Å². The van der Waals surface area contributed by atoms with E-state index in [1.54, 1.807) is 23.1 Å². The third kappa shape index (κ3) is 1.69. The number of amides is 1. The quantitative estimate of drug-likeness (QED) is 0.755. The number of hydrogen-bond acceptors (Lipinski definition) is 3. The number of anilines is 1. The van der Waals surface area contributed by atoms with Crippen LogP contribution in [0.1, 0.15) is 23.3 Å². The van der Waals surface area contributed by atoms with Gasteiger partial charge in [-0.3, -0.25) is 4.79 Å². The van der Waals surface area contributed by atoms with Crippen LogP contribution in [0.5, 0.6) is 0 Å². The lowest BCUT2D eigenvalue weighted by Gasteiger charge is -2.15. The van der Waals surface area contributed by atoms with Crippen molar-refractivity contribution in [3.63, 3.8) is 0 Å². The molecule has 1 aliphatic carbocycles. The monoisotopic (exact) mass is 191 g/mol. The second-order valence-corrected chi connectivity index (χ2v) is 3.59. The zero-order valence-electron chi connectivity index (χ0n) is 8.10. The molecule has 0 aliphatic heterocycles. The first kappa shape index (κ1) is 8.99. The molecule has 74 valence electrons. The van der Waals surface area contributed by atoms with Gasteiger partial charge in [0, 0.05) is 13.1 Å². The Balaban J connectivity index is 2.17. The summed E-state index contributed by atoms with van der Waals surface area (Å²) in [5.74, 6) is 0.347. The van der Waals surface area contributed by atoms with E-state index in [1.807, 2.05) is 7.05 Å². The molecule has 1 aliphatic rings. The van der Waals surface area contributed by atoms with E-state index in [9.17, 15) is 4.79 Å². The van der Waals surface area contributed by atoms with Crippen LogP contribution < -0.4 is 5.73 Å². The summed E-state index contributed by atoms with van der Waals surface area (Å²) in [5, 5.41) is 0. The first-order valence-corrected chi connectivity index (χ1v) is 4.68. The Hall–Kier alpha value is -1.58. The van der Waals surface area contributed by atoms with Gasteiger partial charge in [0.1, 0.15) is 11.5 Å². The maximum Gasteiger partial charge on any atom is 0.272 e. The Labute approximate surface area is 82.7 Å². The van der Waals surface area contributed by atoms with E-state index in [1.165, 1.54) is 0 Å². The Morgan fingerprint density at radius 3 is 2.86 bits per heavy atom. The highest BCUT2D eigenvalue weighted by Gasteiger charge is 2.30. The first-order valence-electron chi connectivity index (χ1n) is 4.68. The average molecular weight is 191 g/mol. The molecule has 14 heavy (non-hydrogen) atoms. The minimum atomic E-state index is -0.0419. The van der Waals surface area contributed by atoms with Gasteiger partial charge in [0.25, 0.3) is 5.91 Å². The highest BCUT2D eigenvalue weighted by atomic mass is 16.2. The molecule has 2 N–H and O–H groups in total. The molecule has 0 saturated heterocycles. The van der Waals surface area contributed by atoms with Crippen LogP contribution in [-0.4, -0.2) is 28.9 Å². The molecule has 2 rings (SSSR count). The van der Waals surface area contributed by atoms with E-state index in [-0.39, 0.29) is 5.91 Å². The van der Waals surface area contributed by atoms with Crippen molar-refractivity contribution in [1.82, 2.24) is 9.88 Å². The Morgan fingerprint density at radius 1 is 1.57 bits per heavy atom. The van der Waals surface area contributed by atoms with Crippen LogP contribution in [0.15, 0.2) is 18.2 Å². The Morgan fingerprint density at radius 2 is 2.29 bits per heavy atom. The van der Waals surface area contributed by atoms with E-state index < -0.39 is 0 Å². The minimum absolute atomic E-state index is 0.0419. The normalized spacial score (nSPS) is 15.2. The topological polar surface area (TPSA) is 59.2 Å². The minimum Gasteiger partial charge on any atom is -0.384 e. The smallest absolute Gasteiger partial charge is 0.272 e. The number of carbonyl (C=O) groups excluding carboxylic acids is 1. The molecule has 1 saturated carbocycles. The van der Waals surface area contributed by atoms with Gasteiger partial charge in [-0.1, -0.05) is 6.07 Å². The molecule has 0 spiro atoms. The third-order valence-corrected chi connectivity index (χ3v) is 2.40. The summed E-state index contributed by atoms with van der Waals surface area (Å²) < 4.78 is 0. The van der Waals surface area contributed by atoms with Crippen molar-refractivity contribution in [1.29, 1.82) is 0 Å². The van der Waals surface area contributed by atoms with Gasteiger partial charge < -0.3 is 10.6 Å². The van der Waals surface area contributed by atoms with Crippen LogP contribution >= 0.6 is 0 Å². The molecule has 0 atom stereocenters. The summed E-state index contributed by atoms with van der Waals surface area (Å²) in [6.45, 7) is 0. The van der Waals surface area contributed by atoms with Crippen LogP contribution in [0.4, 0.5) is 5.82 Å².